The lowest BCUT2D eigenvalue weighted by molar-refractivity contribution is -0.117. The van der Waals surface area contributed by atoms with Crippen molar-refractivity contribution in [1.29, 1.82) is 0 Å². The Morgan fingerprint density at radius 1 is 1.16 bits per heavy atom. The van der Waals surface area contributed by atoms with Crippen molar-refractivity contribution in [3.05, 3.63) is 54.3 Å². The number of carbonyl (C=O) groups excluding carboxylic acids is 2. The van der Waals surface area contributed by atoms with Crippen molar-refractivity contribution in [1.82, 2.24) is 0 Å². The summed E-state index contributed by atoms with van der Waals surface area (Å²) in [6.07, 6.45) is 0.0298. The zero-order valence-electron chi connectivity index (χ0n) is 13.7. The molecule has 1 saturated heterocycles. The van der Waals surface area contributed by atoms with Gasteiger partial charge in [-0.15, -0.1) is 0 Å². The highest BCUT2D eigenvalue weighted by atomic mass is 19.1. The Hall–Kier alpha value is -3.09. The predicted molar refractivity (Wildman–Crippen MR) is 93.3 cm³/mol. The van der Waals surface area contributed by atoms with Gasteiger partial charge in [-0.25, -0.2) is 9.18 Å². The second kappa shape index (κ2) is 7.21. The monoisotopic (exact) mass is 343 g/mol. The molecule has 25 heavy (non-hydrogen) atoms. The second-order valence-electron chi connectivity index (χ2n) is 5.62. The van der Waals surface area contributed by atoms with E-state index in [0.29, 0.717) is 24.3 Å². The van der Waals surface area contributed by atoms with Gasteiger partial charge in [-0.05, 0) is 42.8 Å². The van der Waals surface area contributed by atoms with Crippen LogP contribution in [0, 0.1) is 5.82 Å². The molecule has 1 aliphatic heterocycles. The van der Waals surface area contributed by atoms with E-state index in [1.54, 1.807) is 42.5 Å². The Labute approximate surface area is 144 Å². The summed E-state index contributed by atoms with van der Waals surface area (Å²) in [4.78, 5) is 25.2. The van der Waals surface area contributed by atoms with Gasteiger partial charge in [-0.2, -0.15) is 0 Å². The Balaban J connectivity index is 1.65. The molecule has 0 unspecified atom stereocenters. The molecule has 0 aliphatic carbocycles. The maximum absolute atomic E-state index is 13.9. The molecule has 0 saturated carbocycles. The number of benzene rings is 2. The minimum absolute atomic E-state index is 0.165. The van der Waals surface area contributed by atoms with Crippen molar-refractivity contribution in [2.24, 2.45) is 0 Å². The summed E-state index contributed by atoms with van der Waals surface area (Å²) >= 11 is 0. The summed E-state index contributed by atoms with van der Waals surface area (Å²) in [5.74, 6) is -0.573. The number of carbonyl (C=O) groups is 2. The molecule has 0 aromatic heterocycles. The maximum atomic E-state index is 13.9. The van der Waals surface area contributed by atoms with Gasteiger partial charge in [0.25, 0.3) is 0 Å². The number of halogens is 1. The van der Waals surface area contributed by atoms with Crippen LogP contribution in [-0.4, -0.2) is 31.7 Å². The van der Waals surface area contributed by atoms with Gasteiger partial charge < -0.3 is 15.0 Å². The summed E-state index contributed by atoms with van der Waals surface area (Å²) in [5.41, 5.74) is 1.63. The van der Waals surface area contributed by atoms with Crippen molar-refractivity contribution in [2.75, 3.05) is 29.2 Å². The van der Waals surface area contributed by atoms with E-state index in [-0.39, 0.29) is 5.91 Å². The van der Waals surface area contributed by atoms with E-state index >= 15 is 0 Å². The van der Waals surface area contributed by atoms with E-state index in [2.05, 4.69) is 15.4 Å². The lowest BCUT2D eigenvalue weighted by atomic mass is 10.2. The molecular weight excluding hydrogens is 325 g/mol. The maximum Gasteiger partial charge on any atom is 0.411 e. The molecule has 2 N–H and O–H groups in total. The van der Waals surface area contributed by atoms with Gasteiger partial charge in [-0.1, -0.05) is 12.1 Å². The van der Waals surface area contributed by atoms with Crippen molar-refractivity contribution >= 4 is 29.1 Å². The number of methoxy groups -OCH3 is 1. The molecule has 1 atom stereocenters. The predicted octanol–water partition coefficient (Wildman–Crippen LogP) is 3.22. The van der Waals surface area contributed by atoms with E-state index in [9.17, 15) is 14.0 Å². The second-order valence-corrected chi connectivity index (χ2v) is 5.62. The fourth-order valence-corrected chi connectivity index (χ4v) is 2.74. The van der Waals surface area contributed by atoms with Crippen LogP contribution in [0.4, 0.5) is 26.2 Å². The molecule has 0 spiro atoms. The molecule has 130 valence electrons. The van der Waals surface area contributed by atoms with Crippen LogP contribution in [0.15, 0.2) is 48.5 Å². The molecular formula is C18H18FN3O3. The molecule has 3 rings (SSSR count). The van der Waals surface area contributed by atoms with E-state index in [0.717, 1.165) is 5.69 Å². The molecule has 2 aromatic carbocycles. The summed E-state index contributed by atoms with van der Waals surface area (Å²) in [7, 11) is 1.29. The van der Waals surface area contributed by atoms with E-state index in [1.807, 2.05) is 0 Å². The van der Waals surface area contributed by atoms with Crippen LogP contribution in [-0.2, 0) is 9.53 Å². The van der Waals surface area contributed by atoms with Crippen molar-refractivity contribution in [2.45, 2.75) is 12.5 Å². The number of anilines is 3. The summed E-state index contributed by atoms with van der Waals surface area (Å²) < 4.78 is 18.4. The number of nitrogens with one attached hydrogen (secondary N) is 2. The first kappa shape index (κ1) is 16.8. The van der Waals surface area contributed by atoms with E-state index in [1.165, 1.54) is 18.1 Å². The van der Waals surface area contributed by atoms with Crippen LogP contribution in [0.3, 0.4) is 0 Å². The van der Waals surface area contributed by atoms with Gasteiger partial charge >= 0.3 is 6.09 Å². The molecule has 7 heteroatoms. The van der Waals surface area contributed by atoms with Gasteiger partial charge in [0.15, 0.2) is 0 Å². The summed E-state index contributed by atoms with van der Waals surface area (Å²) in [5, 5.41) is 5.70. The van der Waals surface area contributed by atoms with Crippen LogP contribution in [0.5, 0.6) is 0 Å². The third kappa shape index (κ3) is 3.71. The molecule has 2 amide bonds. The number of ether oxygens (including phenoxy) is 1. The molecule has 2 aromatic rings. The van der Waals surface area contributed by atoms with E-state index in [4.69, 9.17) is 0 Å². The third-order valence-electron chi connectivity index (χ3n) is 4.01. The number of hydrogen-bond donors (Lipinski definition) is 2. The van der Waals surface area contributed by atoms with Gasteiger partial charge in [0.1, 0.15) is 11.9 Å². The smallest absolute Gasteiger partial charge is 0.411 e. The standard InChI is InChI=1S/C18H18FN3O3/c1-25-18(24)21-13-8-6-12(7-9-13)20-15-10-11-22(17(15)23)16-5-3-2-4-14(16)19/h2-9,15,20H,10-11H2,1H3,(H,21,24)/t15-/m1/s1. The summed E-state index contributed by atoms with van der Waals surface area (Å²) in [6.45, 7) is 0.458. The number of amides is 2. The first-order valence-electron chi connectivity index (χ1n) is 7.86. The van der Waals surface area contributed by atoms with Gasteiger partial charge in [0, 0.05) is 17.9 Å². The minimum Gasteiger partial charge on any atom is -0.453 e. The van der Waals surface area contributed by atoms with Crippen LogP contribution in [0.25, 0.3) is 0 Å². The Morgan fingerprint density at radius 2 is 1.84 bits per heavy atom. The van der Waals surface area contributed by atoms with Crippen LogP contribution in [0.2, 0.25) is 0 Å². The van der Waals surface area contributed by atoms with Crippen LogP contribution < -0.4 is 15.5 Å². The lowest BCUT2D eigenvalue weighted by Crippen LogP contribution is -2.33. The van der Waals surface area contributed by atoms with Crippen molar-refractivity contribution in [3.8, 4) is 0 Å². The van der Waals surface area contributed by atoms with Crippen molar-refractivity contribution in [3.63, 3.8) is 0 Å². The van der Waals surface area contributed by atoms with Gasteiger partial charge in [0.05, 0.1) is 12.8 Å². The first-order valence-corrected chi connectivity index (χ1v) is 7.86. The lowest BCUT2D eigenvalue weighted by Gasteiger charge is -2.18. The first-order chi connectivity index (χ1) is 12.1. The zero-order chi connectivity index (χ0) is 17.8. The Kier molecular flexibility index (Phi) is 4.83. The highest BCUT2D eigenvalue weighted by Gasteiger charge is 2.33. The molecule has 6 nitrogen and oxygen atoms in total. The molecule has 1 aliphatic rings. The highest BCUT2D eigenvalue weighted by Crippen LogP contribution is 2.26. The molecule has 0 radical (unpaired) electrons. The molecule has 1 heterocycles. The van der Waals surface area contributed by atoms with Crippen LogP contribution >= 0.6 is 0 Å². The van der Waals surface area contributed by atoms with Crippen molar-refractivity contribution < 1.29 is 18.7 Å². The highest BCUT2D eigenvalue weighted by molar-refractivity contribution is 6.01. The van der Waals surface area contributed by atoms with Gasteiger partial charge in [0.2, 0.25) is 5.91 Å². The fraction of sp³-hybridized carbons (Fsp3) is 0.222. The fourth-order valence-electron chi connectivity index (χ4n) is 2.74. The van der Waals surface area contributed by atoms with Crippen LogP contribution in [0.1, 0.15) is 6.42 Å². The normalized spacial score (nSPS) is 16.6. The van der Waals surface area contributed by atoms with Gasteiger partial charge in [-0.3, -0.25) is 10.1 Å². The average Bonchev–Trinajstić information content (AvgIpc) is 2.97. The Morgan fingerprint density at radius 3 is 2.52 bits per heavy atom. The quantitative estimate of drug-likeness (QED) is 0.894. The summed E-state index contributed by atoms with van der Waals surface area (Å²) in [6, 6.07) is 12.7. The SMILES string of the molecule is COC(=O)Nc1ccc(N[C@@H]2CCN(c3ccccc3F)C2=O)cc1. The minimum atomic E-state index is -0.549. The number of para-hydroxylation sites is 1. The Bertz CT molecular complexity index is 779. The molecule has 0 bridgehead atoms. The third-order valence-corrected chi connectivity index (χ3v) is 4.01. The zero-order valence-corrected chi connectivity index (χ0v) is 13.7. The number of hydrogen-bond acceptors (Lipinski definition) is 4. The largest absolute Gasteiger partial charge is 0.453 e. The number of nitrogens with zero attached hydrogens (tertiary/aromatic N) is 1. The van der Waals surface area contributed by atoms with E-state index < -0.39 is 18.0 Å². The topological polar surface area (TPSA) is 70.7 Å². The average molecular weight is 343 g/mol. The number of rotatable bonds is 4. The molecule has 1 fully saturated rings.